The second-order valence-corrected chi connectivity index (χ2v) is 5.57. The maximum absolute atomic E-state index is 12.8. The molecule has 21 heavy (non-hydrogen) atoms. The van der Waals surface area contributed by atoms with Crippen molar-refractivity contribution in [1.82, 2.24) is 0 Å². The van der Waals surface area contributed by atoms with Crippen molar-refractivity contribution in [3.63, 3.8) is 0 Å². The molecule has 0 spiro atoms. The van der Waals surface area contributed by atoms with Crippen molar-refractivity contribution in [3.8, 4) is 6.07 Å². The molecule has 1 amide bonds. The first kappa shape index (κ1) is 15.7. The molecule has 3 nitrogen and oxygen atoms in total. The Hall–Kier alpha value is -1.68. The summed E-state index contributed by atoms with van der Waals surface area (Å²) in [6, 6.07) is 4.64. The molecule has 112 valence electrons. The number of hydrogen-bond acceptors (Lipinski definition) is 3. The minimum atomic E-state index is -4.63. The summed E-state index contributed by atoms with van der Waals surface area (Å²) in [5.41, 5.74) is -1.57. The number of anilines is 1. The van der Waals surface area contributed by atoms with E-state index >= 15 is 0 Å². The summed E-state index contributed by atoms with van der Waals surface area (Å²) in [5, 5.41) is 11.2. The van der Waals surface area contributed by atoms with Gasteiger partial charge in [-0.1, -0.05) is 0 Å². The van der Waals surface area contributed by atoms with E-state index in [9.17, 15) is 18.0 Å². The largest absolute Gasteiger partial charge is 0.417 e. The first-order chi connectivity index (χ1) is 9.79. The lowest BCUT2D eigenvalue weighted by molar-refractivity contribution is -0.137. The van der Waals surface area contributed by atoms with Crippen molar-refractivity contribution in [2.75, 3.05) is 11.1 Å². The maximum Gasteiger partial charge on any atom is 0.417 e. The van der Waals surface area contributed by atoms with Gasteiger partial charge in [0.2, 0.25) is 5.91 Å². The lowest BCUT2D eigenvalue weighted by Gasteiger charge is -2.14. The molecule has 0 aliphatic heterocycles. The molecule has 1 fully saturated rings. The maximum atomic E-state index is 12.8. The third kappa shape index (κ3) is 3.70. The molecule has 0 aromatic heterocycles. The number of hydrogen-bond donors (Lipinski definition) is 2. The molecule has 0 radical (unpaired) electrons. The van der Waals surface area contributed by atoms with Crippen LogP contribution < -0.4 is 5.32 Å². The van der Waals surface area contributed by atoms with E-state index < -0.39 is 17.3 Å². The van der Waals surface area contributed by atoms with Gasteiger partial charge in [0, 0.05) is 12.1 Å². The molecule has 0 atom stereocenters. The van der Waals surface area contributed by atoms with Gasteiger partial charge >= 0.3 is 6.18 Å². The highest BCUT2D eigenvalue weighted by molar-refractivity contribution is 7.80. The number of nitrogens with one attached hydrogen (secondary N) is 1. The number of amides is 1. The molecule has 1 aliphatic carbocycles. The van der Waals surface area contributed by atoms with Crippen LogP contribution in [0.5, 0.6) is 0 Å². The second-order valence-electron chi connectivity index (χ2n) is 5.25. The fourth-order valence-electron chi connectivity index (χ4n) is 2.07. The predicted molar refractivity (Wildman–Crippen MR) is 74.9 cm³/mol. The Labute approximate surface area is 125 Å². The van der Waals surface area contributed by atoms with Crippen molar-refractivity contribution in [1.29, 1.82) is 5.26 Å². The Morgan fingerprint density at radius 3 is 2.57 bits per heavy atom. The fourth-order valence-corrected chi connectivity index (χ4v) is 2.50. The monoisotopic (exact) mass is 314 g/mol. The molecular formula is C14H13F3N2OS. The number of nitriles is 1. The first-order valence-corrected chi connectivity index (χ1v) is 6.95. The number of alkyl halides is 3. The highest BCUT2D eigenvalue weighted by atomic mass is 32.1. The Balaban J connectivity index is 2.14. The quantitative estimate of drug-likeness (QED) is 0.834. The van der Waals surface area contributed by atoms with E-state index in [-0.39, 0.29) is 23.4 Å². The Bertz CT molecular complexity index is 603. The number of rotatable bonds is 4. The van der Waals surface area contributed by atoms with Gasteiger partial charge in [-0.05, 0) is 42.2 Å². The summed E-state index contributed by atoms with van der Waals surface area (Å²) in [4.78, 5) is 11.9. The average molecular weight is 314 g/mol. The minimum absolute atomic E-state index is 0.0429. The van der Waals surface area contributed by atoms with Gasteiger partial charge in [0.05, 0.1) is 17.2 Å². The molecule has 1 aliphatic rings. The average Bonchev–Trinajstić information content (AvgIpc) is 3.17. The molecule has 0 unspecified atom stereocenters. The van der Waals surface area contributed by atoms with Crippen LogP contribution in [0, 0.1) is 16.7 Å². The number of nitrogens with zero attached hydrogens (tertiary/aromatic N) is 1. The van der Waals surface area contributed by atoms with Gasteiger partial charge in [-0.3, -0.25) is 4.79 Å². The Kier molecular flexibility index (Phi) is 4.19. The van der Waals surface area contributed by atoms with E-state index in [0.717, 1.165) is 25.0 Å². The third-order valence-electron chi connectivity index (χ3n) is 3.56. The standard InChI is InChI=1S/C14H13F3N2OS/c15-14(16,17)11-5-10(2-1-9(11)7-18)19-12(20)6-13(8-21)3-4-13/h1-2,5,21H,3-4,6,8H2,(H,19,20). The zero-order valence-electron chi connectivity index (χ0n) is 11.0. The lowest BCUT2D eigenvalue weighted by atomic mass is 10.0. The second kappa shape index (κ2) is 5.60. The number of thiol groups is 1. The molecule has 1 N–H and O–H groups in total. The topological polar surface area (TPSA) is 52.9 Å². The van der Waals surface area contributed by atoms with Crippen molar-refractivity contribution in [3.05, 3.63) is 29.3 Å². The van der Waals surface area contributed by atoms with E-state index in [1.165, 1.54) is 12.1 Å². The molecule has 7 heteroatoms. The molecule has 1 aromatic carbocycles. The van der Waals surface area contributed by atoms with Crippen molar-refractivity contribution < 1.29 is 18.0 Å². The van der Waals surface area contributed by atoms with E-state index in [0.29, 0.717) is 5.75 Å². The van der Waals surface area contributed by atoms with Gasteiger partial charge in [0.15, 0.2) is 0 Å². The van der Waals surface area contributed by atoms with Crippen LogP contribution in [0.3, 0.4) is 0 Å². The van der Waals surface area contributed by atoms with Gasteiger partial charge in [-0.25, -0.2) is 0 Å². The van der Waals surface area contributed by atoms with Crippen molar-refractivity contribution in [2.24, 2.45) is 5.41 Å². The van der Waals surface area contributed by atoms with E-state index in [1.807, 2.05) is 0 Å². The number of benzene rings is 1. The summed E-state index contributed by atoms with van der Waals surface area (Å²) in [7, 11) is 0. The summed E-state index contributed by atoms with van der Waals surface area (Å²) in [6.45, 7) is 0. The van der Waals surface area contributed by atoms with Crippen LogP contribution in [-0.2, 0) is 11.0 Å². The van der Waals surface area contributed by atoms with Crippen LogP contribution >= 0.6 is 12.6 Å². The van der Waals surface area contributed by atoms with E-state index in [1.54, 1.807) is 0 Å². The molecule has 0 saturated heterocycles. The van der Waals surface area contributed by atoms with Crippen LogP contribution in [0.2, 0.25) is 0 Å². The van der Waals surface area contributed by atoms with Crippen LogP contribution in [0.4, 0.5) is 18.9 Å². The fraction of sp³-hybridized carbons (Fsp3) is 0.429. The predicted octanol–water partition coefficient (Wildman–Crippen LogP) is 3.62. The molecule has 1 saturated carbocycles. The highest BCUT2D eigenvalue weighted by Gasteiger charge is 2.43. The Morgan fingerprint density at radius 2 is 2.10 bits per heavy atom. The van der Waals surface area contributed by atoms with Crippen LogP contribution in [0.15, 0.2) is 18.2 Å². The summed E-state index contributed by atoms with van der Waals surface area (Å²) in [6.07, 6.45) is -2.57. The van der Waals surface area contributed by atoms with Crippen LogP contribution in [-0.4, -0.2) is 11.7 Å². The third-order valence-corrected chi connectivity index (χ3v) is 4.23. The molecule has 2 rings (SSSR count). The summed E-state index contributed by atoms with van der Waals surface area (Å²) in [5.74, 6) is 0.251. The smallest absolute Gasteiger partial charge is 0.326 e. The highest BCUT2D eigenvalue weighted by Crippen LogP contribution is 2.49. The number of halogens is 3. The zero-order chi connectivity index (χ0) is 15.7. The van der Waals surface area contributed by atoms with Crippen LogP contribution in [0.1, 0.15) is 30.4 Å². The van der Waals surface area contributed by atoms with Gasteiger partial charge in [-0.15, -0.1) is 0 Å². The van der Waals surface area contributed by atoms with Crippen LogP contribution in [0.25, 0.3) is 0 Å². The van der Waals surface area contributed by atoms with Crippen molar-refractivity contribution >= 4 is 24.2 Å². The van der Waals surface area contributed by atoms with E-state index in [2.05, 4.69) is 17.9 Å². The normalized spacial score (nSPS) is 16.1. The Morgan fingerprint density at radius 1 is 1.43 bits per heavy atom. The molecule has 0 bridgehead atoms. The molecule has 0 heterocycles. The summed E-state index contributed by atoms with van der Waals surface area (Å²) >= 11 is 4.18. The molecular weight excluding hydrogens is 301 g/mol. The summed E-state index contributed by atoms with van der Waals surface area (Å²) < 4.78 is 38.4. The van der Waals surface area contributed by atoms with Gasteiger partial charge < -0.3 is 5.32 Å². The van der Waals surface area contributed by atoms with Gasteiger partial charge in [0.1, 0.15) is 0 Å². The number of carbonyl (C=O) groups is 1. The van der Waals surface area contributed by atoms with Gasteiger partial charge in [-0.2, -0.15) is 31.1 Å². The zero-order valence-corrected chi connectivity index (χ0v) is 11.9. The minimum Gasteiger partial charge on any atom is -0.326 e. The first-order valence-electron chi connectivity index (χ1n) is 6.32. The lowest BCUT2D eigenvalue weighted by Crippen LogP contribution is -2.19. The van der Waals surface area contributed by atoms with Gasteiger partial charge in [0.25, 0.3) is 0 Å². The van der Waals surface area contributed by atoms with Crippen molar-refractivity contribution in [2.45, 2.75) is 25.4 Å². The molecule has 1 aromatic rings. The number of carbonyl (C=O) groups excluding carboxylic acids is 1. The SMILES string of the molecule is N#Cc1ccc(NC(=O)CC2(CS)CC2)cc1C(F)(F)F. The van der Waals surface area contributed by atoms with E-state index in [4.69, 9.17) is 5.26 Å².